The van der Waals surface area contributed by atoms with Crippen LogP contribution in [0, 0.1) is 6.92 Å². The van der Waals surface area contributed by atoms with Crippen LogP contribution in [-0.2, 0) is 13.0 Å². The number of rotatable bonds is 9. The minimum Gasteiger partial charge on any atom is -0.358 e. The number of aryl methyl sites for hydroxylation is 2. The van der Waals surface area contributed by atoms with E-state index in [9.17, 15) is 4.79 Å². The minimum atomic E-state index is 0.137. The molecule has 24 heavy (non-hydrogen) atoms. The predicted octanol–water partition coefficient (Wildman–Crippen LogP) is 4.35. The summed E-state index contributed by atoms with van der Waals surface area (Å²) in [5, 5.41) is 0.793. The first-order valence-corrected chi connectivity index (χ1v) is 8.69. The molecule has 0 unspecified atom stereocenters. The fraction of sp³-hybridized carbons (Fsp3) is 0.381. The number of unbranched alkanes of at least 4 members (excludes halogenated alkanes) is 1. The van der Waals surface area contributed by atoms with Gasteiger partial charge in [0, 0.05) is 41.8 Å². The van der Waals surface area contributed by atoms with E-state index in [2.05, 4.69) is 42.1 Å². The van der Waals surface area contributed by atoms with E-state index in [-0.39, 0.29) is 5.43 Å². The number of pyridine rings is 1. The van der Waals surface area contributed by atoms with Gasteiger partial charge in [-0.1, -0.05) is 31.6 Å². The zero-order valence-corrected chi connectivity index (χ0v) is 14.9. The van der Waals surface area contributed by atoms with Crippen LogP contribution < -0.4 is 5.43 Å². The van der Waals surface area contributed by atoms with Crippen LogP contribution in [0.25, 0.3) is 10.9 Å². The molecule has 0 radical (unpaired) electrons. The van der Waals surface area contributed by atoms with Gasteiger partial charge in [0.1, 0.15) is 0 Å². The SMILES string of the molecule is C=CCN(CC=C)Cc1c(C)[nH]c2ccc(CCCC)cc2c1=O. The molecule has 1 aromatic heterocycles. The average Bonchev–Trinajstić information content (AvgIpc) is 2.57. The van der Waals surface area contributed by atoms with Crippen molar-refractivity contribution < 1.29 is 0 Å². The van der Waals surface area contributed by atoms with Gasteiger partial charge in [0.2, 0.25) is 0 Å². The fourth-order valence-electron chi connectivity index (χ4n) is 3.02. The Labute approximate surface area is 144 Å². The number of nitrogens with one attached hydrogen (secondary N) is 1. The van der Waals surface area contributed by atoms with Gasteiger partial charge in [-0.05, 0) is 37.5 Å². The molecule has 128 valence electrons. The summed E-state index contributed by atoms with van der Waals surface area (Å²) in [6.45, 7) is 13.8. The number of fused-ring (bicyclic) bond motifs is 1. The molecule has 0 fully saturated rings. The molecule has 1 heterocycles. The lowest BCUT2D eigenvalue weighted by Crippen LogP contribution is -2.28. The molecule has 0 aliphatic rings. The normalized spacial score (nSPS) is 11.1. The molecule has 3 heteroatoms. The Morgan fingerprint density at radius 1 is 1.21 bits per heavy atom. The van der Waals surface area contributed by atoms with Crippen molar-refractivity contribution in [2.24, 2.45) is 0 Å². The summed E-state index contributed by atoms with van der Waals surface area (Å²) >= 11 is 0. The van der Waals surface area contributed by atoms with E-state index in [0.29, 0.717) is 6.54 Å². The van der Waals surface area contributed by atoms with Crippen molar-refractivity contribution in [3.63, 3.8) is 0 Å². The molecule has 2 rings (SSSR count). The van der Waals surface area contributed by atoms with Crippen molar-refractivity contribution in [3.8, 4) is 0 Å². The third-order valence-corrected chi connectivity index (χ3v) is 4.35. The standard InChI is InChI=1S/C21H28N2O/c1-5-8-9-17-10-11-20-18(14-17)21(24)19(16(4)22-20)15-23(12-6-2)13-7-3/h6-7,10-11,14H,2-3,5,8-9,12-13,15H2,1,4H3,(H,22,24). The lowest BCUT2D eigenvalue weighted by atomic mass is 10.0. The molecule has 1 aromatic carbocycles. The first-order chi connectivity index (χ1) is 11.6. The second kappa shape index (κ2) is 8.65. The summed E-state index contributed by atoms with van der Waals surface area (Å²) in [5.74, 6) is 0. The highest BCUT2D eigenvalue weighted by Gasteiger charge is 2.13. The number of benzene rings is 1. The number of hydrogen-bond acceptors (Lipinski definition) is 2. The monoisotopic (exact) mass is 324 g/mol. The Morgan fingerprint density at radius 3 is 2.54 bits per heavy atom. The van der Waals surface area contributed by atoms with Crippen molar-refractivity contribution in [2.45, 2.75) is 39.7 Å². The number of H-pyrrole nitrogens is 1. The highest BCUT2D eigenvalue weighted by molar-refractivity contribution is 5.80. The van der Waals surface area contributed by atoms with Crippen LogP contribution in [0.5, 0.6) is 0 Å². The third kappa shape index (κ3) is 4.24. The second-order valence-electron chi connectivity index (χ2n) is 6.31. The molecule has 0 amide bonds. The zero-order valence-electron chi connectivity index (χ0n) is 14.9. The van der Waals surface area contributed by atoms with Crippen LogP contribution in [0.15, 0.2) is 48.3 Å². The van der Waals surface area contributed by atoms with Crippen LogP contribution >= 0.6 is 0 Å². The molecule has 0 saturated carbocycles. The van der Waals surface area contributed by atoms with Crippen LogP contribution in [0.2, 0.25) is 0 Å². The predicted molar refractivity (Wildman–Crippen MR) is 104 cm³/mol. The molecule has 3 nitrogen and oxygen atoms in total. The smallest absolute Gasteiger partial charge is 0.194 e. The molecule has 0 atom stereocenters. The van der Waals surface area contributed by atoms with Crippen LogP contribution in [0.3, 0.4) is 0 Å². The molecule has 0 saturated heterocycles. The van der Waals surface area contributed by atoms with E-state index in [1.807, 2.05) is 25.1 Å². The van der Waals surface area contributed by atoms with Gasteiger partial charge in [0.05, 0.1) is 0 Å². The van der Waals surface area contributed by atoms with Gasteiger partial charge in [0.25, 0.3) is 0 Å². The number of nitrogens with zero attached hydrogens (tertiary/aromatic N) is 1. The molecule has 2 aromatic rings. The van der Waals surface area contributed by atoms with Crippen molar-refractivity contribution in [2.75, 3.05) is 13.1 Å². The Kier molecular flexibility index (Phi) is 6.56. The molecule has 0 aliphatic carbocycles. The summed E-state index contributed by atoms with van der Waals surface area (Å²) in [6, 6.07) is 6.21. The Morgan fingerprint density at radius 2 is 1.92 bits per heavy atom. The van der Waals surface area contributed by atoms with E-state index < -0.39 is 0 Å². The van der Waals surface area contributed by atoms with Gasteiger partial charge >= 0.3 is 0 Å². The van der Waals surface area contributed by atoms with Crippen molar-refractivity contribution in [1.82, 2.24) is 9.88 Å². The number of hydrogen-bond donors (Lipinski definition) is 1. The van der Waals surface area contributed by atoms with E-state index in [0.717, 1.165) is 54.5 Å². The molecule has 0 bridgehead atoms. The topological polar surface area (TPSA) is 36.1 Å². The molecule has 1 N–H and O–H groups in total. The van der Waals surface area contributed by atoms with Gasteiger partial charge in [-0.2, -0.15) is 0 Å². The van der Waals surface area contributed by atoms with E-state index in [1.165, 1.54) is 5.56 Å². The highest BCUT2D eigenvalue weighted by Crippen LogP contribution is 2.16. The third-order valence-electron chi connectivity index (χ3n) is 4.35. The van der Waals surface area contributed by atoms with Crippen molar-refractivity contribution in [1.29, 1.82) is 0 Å². The van der Waals surface area contributed by atoms with Gasteiger partial charge < -0.3 is 4.98 Å². The summed E-state index contributed by atoms with van der Waals surface area (Å²) in [5.41, 5.74) is 4.06. The van der Waals surface area contributed by atoms with Gasteiger partial charge in [-0.25, -0.2) is 0 Å². The van der Waals surface area contributed by atoms with Crippen LogP contribution in [-0.4, -0.2) is 23.0 Å². The maximum atomic E-state index is 13.0. The lowest BCUT2D eigenvalue weighted by molar-refractivity contribution is 0.326. The largest absolute Gasteiger partial charge is 0.358 e. The van der Waals surface area contributed by atoms with Gasteiger partial charge in [-0.15, -0.1) is 13.2 Å². The Balaban J connectivity index is 2.43. The molecule has 0 aliphatic heterocycles. The Hall–Kier alpha value is -2.13. The van der Waals surface area contributed by atoms with Crippen molar-refractivity contribution in [3.05, 3.63) is 70.6 Å². The number of aromatic nitrogens is 1. The first-order valence-electron chi connectivity index (χ1n) is 8.69. The van der Waals surface area contributed by atoms with Gasteiger partial charge in [-0.3, -0.25) is 9.69 Å². The maximum Gasteiger partial charge on any atom is 0.194 e. The highest BCUT2D eigenvalue weighted by atomic mass is 16.1. The lowest BCUT2D eigenvalue weighted by Gasteiger charge is -2.20. The Bertz CT molecular complexity index is 763. The summed E-state index contributed by atoms with van der Waals surface area (Å²) in [6.07, 6.45) is 7.04. The molecule has 0 spiro atoms. The fourth-order valence-corrected chi connectivity index (χ4v) is 3.02. The first kappa shape index (κ1) is 18.2. The summed E-state index contributed by atoms with van der Waals surface area (Å²) in [4.78, 5) is 18.6. The summed E-state index contributed by atoms with van der Waals surface area (Å²) < 4.78 is 0. The van der Waals surface area contributed by atoms with E-state index in [4.69, 9.17) is 0 Å². The second-order valence-corrected chi connectivity index (χ2v) is 6.31. The minimum absolute atomic E-state index is 0.137. The van der Waals surface area contributed by atoms with Crippen LogP contribution in [0.4, 0.5) is 0 Å². The molecular formula is C21H28N2O. The zero-order chi connectivity index (χ0) is 17.5. The number of aromatic amines is 1. The quantitative estimate of drug-likeness (QED) is 0.696. The van der Waals surface area contributed by atoms with E-state index >= 15 is 0 Å². The van der Waals surface area contributed by atoms with Gasteiger partial charge in [0.15, 0.2) is 5.43 Å². The average molecular weight is 324 g/mol. The maximum absolute atomic E-state index is 13.0. The van der Waals surface area contributed by atoms with Crippen LogP contribution in [0.1, 0.15) is 36.6 Å². The summed E-state index contributed by atoms with van der Waals surface area (Å²) in [7, 11) is 0. The molecular weight excluding hydrogens is 296 g/mol. The van der Waals surface area contributed by atoms with Crippen molar-refractivity contribution >= 4 is 10.9 Å². The van der Waals surface area contributed by atoms with E-state index in [1.54, 1.807) is 0 Å².